The van der Waals surface area contributed by atoms with Crippen LogP contribution < -0.4 is 14.8 Å². The highest BCUT2D eigenvalue weighted by atomic mass is 16.5. The zero-order valence-corrected chi connectivity index (χ0v) is 16.1. The third kappa shape index (κ3) is 5.73. The predicted octanol–water partition coefficient (Wildman–Crippen LogP) is 3.24. The fourth-order valence-corrected chi connectivity index (χ4v) is 3.33. The van der Waals surface area contributed by atoms with E-state index in [1.54, 1.807) is 20.1 Å². The first-order valence-electron chi connectivity index (χ1n) is 9.51. The van der Waals surface area contributed by atoms with Gasteiger partial charge in [-0.05, 0) is 37.5 Å². The highest BCUT2D eigenvalue weighted by Crippen LogP contribution is 2.20. The molecular formula is C22H28N2O3. The number of nitrogens with one attached hydrogen (secondary N) is 1. The molecule has 1 aliphatic rings. The Bertz CT molecular complexity index is 727. The van der Waals surface area contributed by atoms with Gasteiger partial charge in [-0.2, -0.15) is 0 Å². The fourth-order valence-electron chi connectivity index (χ4n) is 3.33. The average Bonchev–Trinajstić information content (AvgIpc) is 2.70. The predicted molar refractivity (Wildman–Crippen MR) is 106 cm³/mol. The van der Waals surface area contributed by atoms with E-state index in [-0.39, 0.29) is 11.9 Å². The van der Waals surface area contributed by atoms with E-state index in [0.717, 1.165) is 32.5 Å². The van der Waals surface area contributed by atoms with E-state index < -0.39 is 6.10 Å². The maximum atomic E-state index is 12.5. The van der Waals surface area contributed by atoms with Gasteiger partial charge in [0.15, 0.2) is 6.10 Å². The van der Waals surface area contributed by atoms with Crippen LogP contribution in [0.5, 0.6) is 11.5 Å². The molecule has 3 rings (SSSR count). The number of carbonyl (C=O) groups is 1. The Kier molecular flexibility index (Phi) is 6.71. The molecule has 5 heteroatoms. The van der Waals surface area contributed by atoms with Crippen molar-refractivity contribution in [3.63, 3.8) is 0 Å². The summed E-state index contributed by atoms with van der Waals surface area (Å²) in [5.74, 6) is 1.28. The number of ether oxygens (including phenoxy) is 2. The van der Waals surface area contributed by atoms with Crippen molar-refractivity contribution in [1.82, 2.24) is 10.2 Å². The molecule has 5 nitrogen and oxygen atoms in total. The molecule has 2 aromatic rings. The Balaban J connectivity index is 1.43. The van der Waals surface area contributed by atoms with Crippen molar-refractivity contribution in [1.29, 1.82) is 0 Å². The summed E-state index contributed by atoms with van der Waals surface area (Å²) < 4.78 is 10.9. The second-order valence-electron chi connectivity index (χ2n) is 6.98. The molecule has 144 valence electrons. The number of methoxy groups -OCH3 is 1. The Morgan fingerprint density at radius 1 is 1.11 bits per heavy atom. The second-order valence-corrected chi connectivity index (χ2v) is 6.98. The molecule has 0 spiro atoms. The van der Waals surface area contributed by atoms with E-state index >= 15 is 0 Å². The van der Waals surface area contributed by atoms with E-state index in [2.05, 4.69) is 34.5 Å². The average molecular weight is 368 g/mol. The Labute approximate surface area is 161 Å². The zero-order chi connectivity index (χ0) is 19.1. The quantitative estimate of drug-likeness (QED) is 0.815. The molecule has 1 atom stereocenters. The van der Waals surface area contributed by atoms with Crippen molar-refractivity contribution in [3.05, 3.63) is 60.2 Å². The van der Waals surface area contributed by atoms with Crippen LogP contribution in [0.15, 0.2) is 54.6 Å². The summed E-state index contributed by atoms with van der Waals surface area (Å²) in [4.78, 5) is 14.9. The summed E-state index contributed by atoms with van der Waals surface area (Å²) in [7, 11) is 1.61. The van der Waals surface area contributed by atoms with Gasteiger partial charge in [0.25, 0.3) is 5.91 Å². The molecule has 1 saturated heterocycles. The highest BCUT2D eigenvalue weighted by molar-refractivity contribution is 5.81. The molecule has 2 aromatic carbocycles. The summed E-state index contributed by atoms with van der Waals surface area (Å²) in [5, 5.41) is 3.13. The van der Waals surface area contributed by atoms with E-state index in [4.69, 9.17) is 9.47 Å². The minimum atomic E-state index is -0.542. The first kappa shape index (κ1) is 19.2. The third-order valence-corrected chi connectivity index (χ3v) is 4.91. The smallest absolute Gasteiger partial charge is 0.260 e. The van der Waals surface area contributed by atoms with Crippen LogP contribution in [0, 0.1) is 0 Å². The minimum absolute atomic E-state index is 0.0701. The van der Waals surface area contributed by atoms with Crippen LogP contribution >= 0.6 is 0 Å². The minimum Gasteiger partial charge on any atom is -0.497 e. The lowest BCUT2D eigenvalue weighted by molar-refractivity contribution is -0.128. The lowest BCUT2D eigenvalue weighted by Crippen LogP contribution is -2.47. The summed E-state index contributed by atoms with van der Waals surface area (Å²) in [6.45, 7) is 4.73. The Hall–Kier alpha value is -2.53. The van der Waals surface area contributed by atoms with Crippen molar-refractivity contribution < 1.29 is 14.3 Å². The Morgan fingerprint density at radius 3 is 2.52 bits per heavy atom. The normalized spacial score (nSPS) is 16.5. The molecule has 1 fully saturated rings. The number of hydrogen-bond acceptors (Lipinski definition) is 4. The van der Waals surface area contributed by atoms with Gasteiger partial charge < -0.3 is 14.8 Å². The van der Waals surface area contributed by atoms with Crippen molar-refractivity contribution >= 4 is 5.91 Å². The van der Waals surface area contributed by atoms with Crippen molar-refractivity contribution in [2.75, 3.05) is 20.2 Å². The number of rotatable bonds is 7. The topological polar surface area (TPSA) is 50.8 Å². The van der Waals surface area contributed by atoms with Crippen LogP contribution in [0.1, 0.15) is 25.3 Å². The summed E-state index contributed by atoms with van der Waals surface area (Å²) in [6, 6.07) is 18.0. The fraction of sp³-hybridized carbons (Fsp3) is 0.409. The second kappa shape index (κ2) is 9.42. The van der Waals surface area contributed by atoms with Gasteiger partial charge in [-0.3, -0.25) is 9.69 Å². The maximum absolute atomic E-state index is 12.5. The number of benzene rings is 2. The molecule has 0 saturated carbocycles. The number of carbonyl (C=O) groups excluding carboxylic acids is 1. The van der Waals surface area contributed by atoms with Gasteiger partial charge in [0, 0.05) is 31.7 Å². The number of piperidine rings is 1. The highest BCUT2D eigenvalue weighted by Gasteiger charge is 2.23. The molecule has 0 radical (unpaired) electrons. The molecular weight excluding hydrogens is 340 g/mol. The monoisotopic (exact) mass is 368 g/mol. The lowest BCUT2D eigenvalue weighted by atomic mass is 10.0. The summed E-state index contributed by atoms with van der Waals surface area (Å²) in [6.07, 6.45) is 1.38. The summed E-state index contributed by atoms with van der Waals surface area (Å²) >= 11 is 0. The number of amides is 1. The lowest BCUT2D eigenvalue weighted by Gasteiger charge is -2.32. The summed E-state index contributed by atoms with van der Waals surface area (Å²) in [5.41, 5.74) is 1.33. The van der Waals surface area contributed by atoms with Crippen molar-refractivity contribution in [2.45, 2.75) is 38.5 Å². The van der Waals surface area contributed by atoms with E-state index in [1.165, 1.54) is 5.56 Å². The van der Waals surface area contributed by atoms with Crippen LogP contribution in [0.3, 0.4) is 0 Å². The third-order valence-electron chi connectivity index (χ3n) is 4.91. The first-order chi connectivity index (χ1) is 13.1. The van der Waals surface area contributed by atoms with Crippen LogP contribution in [-0.2, 0) is 11.3 Å². The van der Waals surface area contributed by atoms with E-state index in [0.29, 0.717) is 11.5 Å². The van der Waals surface area contributed by atoms with Crippen LogP contribution in [-0.4, -0.2) is 43.2 Å². The van der Waals surface area contributed by atoms with Gasteiger partial charge in [0.1, 0.15) is 11.5 Å². The molecule has 0 bridgehead atoms. The van der Waals surface area contributed by atoms with Crippen LogP contribution in [0.4, 0.5) is 0 Å². The largest absolute Gasteiger partial charge is 0.497 e. The van der Waals surface area contributed by atoms with E-state index in [1.807, 2.05) is 24.3 Å². The maximum Gasteiger partial charge on any atom is 0.260 e. The molecule has 1 N–H and O–H groups in total. The molecule has 0 aliphatic carbocycles. The number of hydrogen-bond donors (Lipinski definition) is 1. The molecule has 1 heterocycles. The van der Waals surface area contributed by atoms with Crippen LogP contribution in [0.25, 0.3) is 0 Å². The van der Waals surface area contributed by atoms with Gasteiger partial charge in [0.2, 0.25) is 0 Å². The van der Waals surface area contributed by atoms with Crippen molar-refractivity contribution in [3.8, 4) is 11.5 Å². The van der Waals surface area contributed by atoms with Crippen LogP contribution in [0.2, 0.25) is 0 Å². The van der Waals surface area contributed by atoms with Gasteiger partial charge in [-0.15, -0.1) is 0 Å². The van der Waals surface area contributed by atoms with Gasteiger partial charge in [-0.1, -0.05) is 36.4 Å². The van der Waals surface area contributed by atoms with Gasteiger partial charge in [-0.25, -0.2) is 0 Å². The Morgan fingerprint density at radius 2 is 1.81 bits per heavy atom. The van der Waals surface area contributed by atoms with Crippen molar-refractivity contribution in [2.24, 2.45) is 0 Å². The SMILES string of the molecule is COc1cccc(OC(C)C(=O)NC2CCN(Cc3ccccc3)CC2)c1. The zero-order valence-electron chi connectivity index (χ0n) is 16.1. The molecule has 1 amide bonds. The number of nitrogens with zero attached hydrogens (tertiary/aromatic N) is 1. The first-order valence-corrected chi connectivity index (χ1v) is 9.51. The molecule has 0 aromatic heterocycles. The molecule has 27 heavy (non-hydrogen) atoms. The standard InChI is InChI=1S/C22H28N2O3/c1-17(27-21-10-6-9-20(15-21)26-2)22(25)23-19-11-13-24(14-12-19)16-18-7-4-3-5-8-18/h3-10,15,17,19H,11-14,16H2,1-2H3,(H,23,25). The van der Waals surface area contributed by atoms with Gasteiger partial charge in [0.05, 0.1) is 7.11 Å². The number of likely N-dealkylation sites (tertiary alicyclic amines) is 1. The van der Waals surface area contributed by atoms with Gasteiger partial charge >= 0.3 is 0 Å². The molecule has 1 aliphatic heterocycles. The molecule has 1 unspecified atom stereocenters. The van der Waals surface area contributed by atoms with E-state index in [9.17, 15) is 4.79 Å².